The van der Waals surface area contributed by atoms with Crippen LogP contribution in [0, 0.1) is 17.7 Å². The van der Waals surface area contributed by atoms with E-state index < -0.39 is 20.7 Å². The number of rotatable bonds is 3. The van der Waals surface area contributed by atoms with E-state index in [-0.39, 0.29) is 16.8 Å². The van der Waals surface area contributed by atoms with Crippen LogP contribution in [0.4, 0.5) is 10.1 Å². The highest BCUT2D eigenvalue weighted by Gasteiger charge is 2.41. The van der Waals surface area contributed by atoms with E-state index in [4.69, 9.17) is 17.3 Å². The van der Waals surface area contributed by atoms with Crippen molar-refractivity contribution in [1.82, 2.24) is 4.72 Å². The summed E-state index contributed by atoms with van der Waals surface area (Å²) in [5.74, 6) is 0.0291. The summed E-state index contributed by atoms with van der Waals surface area (Å²) in [5, 5.41) is 0.109. The molecule has 2 fully saturated rings. The number of benzene rings is 1. The number of nitrogens with two attached hydrogens (primary N) is 1. The van der Waals surface area contributed by atoms with Gasteiger partial charge in [0.05, 0.1) is 5.69 Å². The number of nitrogen functional groups attached to an aromatic ring is 1. The van der Waals surface area contributed by atoms with Crippen molar-refractivity contribution in [3.05, 3.63) is 23.0 Å². The number of nitrogens with one attached hydrogen (secondary N) is 1. The molecule has 2 bridgehead atoms. The molecule has 3 rings (SSSR count). The number of sulfonamides is 1. The molecule has 0 heterocycles. The van der Waals surface area contributed by atoms with E-state index in [9.17, 15) is 12.8 Å². The normalized spacial score (nSPS) is 29.0. The summed E-state index contributed by atoms with van der Waals surface area (Å²) in [4.78, 5) is -0.467. The first-order valence-corrected chi connectivity index (χ1v) is 8.50. The van der Waals surface area contributed by atoms with Crippen molar-refractivity contribution >= 4 is 27.3 Å². The molecule has 2 aliphatic carbocycles. The second kappa shape index (κ2) is 4.86. The Hall–Kier alpha value is -0.850. The zero-order valence-electron chi connectivity index (χ0n) is 10.8. The van der Waals surface area contributed by atoms with E-state index in [1.807, 2.05) is 0 Å². The van der Waals surface area contributed by atoms with E-state index in [1.165, 1.54) is 12.5 Å². The Kier molecular flexibility index (Phi) is 3.43. The molecule has 3 unspecified atom stereocenters. The molecule has 1 aromatic carbocycles. The summed E-state index contributed by atoms with van der Waals surface area (Å²) in [6.45, 7) is 0. The Morgan fingerprint density at radius 2 is 2.05 bits per heavy atom. The van der Waals surface area contributed by atoms with Gasteiger partial charge >= 0.3 is 0 Å². The van der Waals surface area contributed by atoms with Crippen LogP contribution in [0.25, 0.3) is 0 Å². The van der Waals surface area contributed by atoms with Crippen LogP contribution in [-0.4, -0.2) is 14.5 Å². The van der Waals surface area contributed by atoms with Crippen LogP contribution in [0.3, 0.4) is 0 Å². The number of hydrogen-bond acceptors (Lipinski definition) is 3. The third kappa shape index (κ3) is 2.40. The SMILES string of the molecule is Nc1cc(Cl)cc(S(=O)(=O)NC2CC3CCC2C3)c1F. The van der Waals surface area contributed by atoms with Gasteiger partial charge in [-0.3, -0.25) is 0 Å². The number of halogens is 2. The second-order valence-electron chi connectivity index (χ2n) is 5.71. The first-order valence-electron chi connectivity index (χ1n) is 6.63. The fourth-order valence-electron chi connectivity index (χ4n) is 3.43. The van der Waals surface area contributed by atoms with Crippen LogP contribution < -0.4 is 10.5 Å². The molecule has 4 nitrogen and oxygen atoms in total. The molecule has 0 spiro atoms. The minimum Gasteiger partial charge on any atom is -0.396 e. The van der Waals surface area contributed by atoms with Gasteiger partial charge in [-0.25, -0.2) is 17.5 Å². The van der Waals surface area contributed by atoms with E-state index in [0.29, 0.717) is 11.8 Å². The molecule has 0 aliphatic heterocycles. The highest BCUT2D eigenvalue weighted by molar-refractivity contribution is 7.89. The van der Waals surface area contributed by atoms with Crippen molar-refractivity contribution in [1.29, 1.82) is 0 Å². The minimum absolute atomic E-state index is 0.0987. The van der Waals surface area contributed by atoms with Gasteiger partial charge in [0.25, 0.3) is 0 Å². The fraction of sp³-hybridized carbons (Fsp3) is 0.538. The van der Waals surface area contributed by atoms with Crippen molar-refractivity contribution in [3.63, 3.8) is 0 Å². The molecule has 2 saturated carbocycles. The monoisotopic (exact) mass is 318 g/mol. The van der Waals surface area contributed by atoms with Gasteiger partial charge in [0, 0.05) is 11.1 Å². The van der Waals surface area contributed by atoms with Crippen LogP contribution >= 0.6 is 11.6 Å². The van der Waals surface area contributed by atoms with E-state index in [0.717, 1.165) is 25.3 Å². The highest BCUT2D eigenvalue weighted by atomic mass is 35.5. The van der Waals surface area contributed by atoms with Crippen LogP contribution in [0.2, 0.25) is 5.02 Å². The fourth-order valence-corrected chi connectivity index (χ4v) is 5.17. The number of anilines is 1. The Labute approximate surface area is 122 Å². The number of fused-ring (bicyclic) bond motifs is 2. The smallest absolute Gasteiger partial charge is 0.243 e. The third-order valence-electron chi connectivity index (χ3n) is 4.37. The van der Waals surface area contributed by atoms with Crippen molar-refractivity contribution in [2.75, 3.05) is 5.73 Å². The van der Waals surface area contributed by atoms with Crippen molar-refractivity contribution in [2.45, 2.75) is 36.6 Å². The second-order valence-corrected chi connectivity index (χ2v) is 7.83. The summed E-state index contributed by atoms with van der Waals surface area (Å²) >= 11 is 5.77. The molecule has 0 saturated heterocycles. The first kappa shape index (κ1) is 14.1. The van der Waals surface area contributed by atoms with Gasteiger partial charge in [-0.2, -0.15) is 0 Å². The summed E-state index contributed by atoms with van der Waals surface area (Å²) in [6, 6.07) is 2.20. The Balaban J connectivity index is 1.89. The lowest BCUT2D eigenvalue weighted by Crippen LogP contribution is -2.38. The van der Waals surface area contributed by atoms with Gasteiger partial charge in [0.1, 0.15) is 4.90 Å². The predicted octanol–water partition coefficient (Wildman–Crippen LogP) is 2.53. The maximum atomic E-state index is 13.9. The van der Waals surface area contributed by atoms with Crippen LogP contribution in [0.1, 0.15) is 25.7 Å². The maximum Gasteiger partial charge on any atom is 0.243 e. The average molecular weight is 319 g/mol. The quantitative estimate of drug-likeness (QED) is 0.841. The van der Waals surface area contributed by atoms with Crippen molar-refractivity contribution in [3.8, 4) is 0 Å². The molecular formula is C13H16ClFN2O2S. The zero-order valence-corrected chi connectivity index (χ0v) is 12.3. The molecule has 0 amide bonds. The van der Waals surface area contributed by atoms with Crippen LogP contribution in [0.15, 0.2) is 17.0 Å². The molecule has 0 radical (unpaired) electrons. The topological polar surface area (TPSA) is 72.2 Å². The molecule has 2 aliphatic rings. The Morgan fingerprint density at radius 1 is 1.30 bits per heavy atom. The molecule has 3 N–H and O–H groups in total. The first-order chi connectivity index (χ1) is 9.37. The van der Waals surface area contributed by atoms with Crippen molar-refractivity contribution < 1.29 is 12.8 Å². The largest absolute Gasteiger partial charge is 0.396 e. The summed E-state index contributed by atoms with van der Waals surface area (Å²) in [6.07, 6.45) is 4.11. The van der Waals surface area contributed by atoms with Gasteiger partial charge in [0.15, 0.2) is 5.82 Å². The molecule has 0 aromatic heterocycles. The lowest BCUT2D eigenvalue weighted by atomic mass is 9.96. The summed E-state index contributed by atoms with van der Waals surface area (Å²) in [7, 11) is -3.93. The van der Waals surface area contributed by atoms with Crippen LogP contribution in [-0.2, 0) is 10.0 Å². The average Bonchev–Trinajstić information content (AvgIpc) is 2.95. The summed E-state index contributed by atoms with van der Waals surface area (Å²) < 4.78 is 41.2. The Morgan fingerprint density at radius 3 is 2.65 bits per heavy atom. The molecule has 3 atom stereocenters. The maximum absolute atomic E-state index is 13.9. The minimum atomic E-state index is -3.93. The zero-order chi connectivity index (χ0) is 14.5. The highest BCUT2D eigenvalue weighted by Crippen LogP contribution is 2.45. The summed E-state index contributed by atoms with van der Waals surface area (Å²) in [5.41, 5.74) is 5.18. The third-order valence-corrected chi connectivity index (χ3v) is 6.07. The standard InChI is InChI=1S/C13H16ClFN2O2S/c14-9-5-10(16)13(15)12(6-9)20(18,19)17-11-4-7-1-2-8(11)3-7/h5-8,11,17H,1-4,16H2. The number of hydrogen-bond donors (Lipinski definition) is 2. The van der Waals surface area contributed by atoms with Gasteiger partial charge in [-0.1, -0.05) is 18.0 Å². The van der Waals surface area contributed by atoms with Gasteiger partial charge in [-0.15, -0.1) is 0 Å². The van der Waals surface area contributed by atoms with E-state index >= 15 is 0 Å². The van der Waals surface area contributed by atoms with Crippen LogP contribution in [0.5, 0.6) is 0 Å². The lowest BCUT2D eigenvalue weighted by molar-refractivity contribution is 0.389. The predicted molar refractivity (Wildman–Crippen MR) is 75.4 cm³/mol. The molecular weight excluding hydrogens is 303 g/mol. The Bertz CT molecular complexity index is 650. The van der Waals surface area contributed by atoms with E-state index in [2.05, 4.69) is 4.72 Å². The lowest BCUT2D eigenvalue weighted by Gasteiger charge is -2.23. The molecule has 110 valence electrons. The van der Waals surface area contributed by atoms with E-state index in [1.54, 1.807) is 0 Å². The van der Waals surface area contributed by atoms with Crippen molar-refractivity contribution in [2.24, 2.45) is 11.8 Å². The molecule has 20 heavy (non-hydrogen) atoms. The molecule has 7 heteroatoms. The van der Waals surface area contributed by atoms with Gasteiger partial charge in [0.2, 0.25) is 10.0 Å². The molecule has 1 aromatic rings. The van der Waals surface area contributed by atoms with Gasteiger partial charge < -0.3 is 5.73 Å². The van der Waals surface area contributed by atoms with Gasteiger partial charge in [-0.05, 0) is 43.2 Å².